The zero-order chi connectivity index (χ0) is 15.2. The van der Waals surface area contributed by atoms with Gasteiger partial charge < -0.3 is 5.32 Å². The average molecular weight is 306 g/mol. The Balaban J connectivity index is 1.98. The highest BCUT2D eigenvalue weighted by molar-refractivity contribution is 6.31. The summed E-state index contributed by atoms with van der Waals surface area (Å²) in [6, 6.07) is 9.79. The van der Waals surface area contributed by atoms with E-state index < -0.39 is 17.5 Å². The fourth-order valence-electron chi connectivity index (χ4n) is 1.60. The average Bonchev–Trinajstić information content (AvgIpc) is 2.45. The molecule has 1 amide bonds. The number of hydrogen-bond donors (Lipinski definition) is 1. The zero-order valence-electron chi connectivity index (χ0n) is 10.8. The van der Waals surface area contributed by atoms with Gasteiger partial charge in [-0.2, -0.15) is 0 Å². The van der Waals surface area contributed by atoms with Crippen molar-refractivity contribution in [3.63, 3.8) is 0 Å². The largest absolute Gasteiger partial charge is 0.341 e. The van der Waals surface area contributed by atoms with Crippen LogP contribution in [-0.2, 0) is 0 Å². The van der Waals surface area contributed by atoms with Gasteiger partial charge >= 0.3 is 0 Å². The second-order valence-electron chi connectivity index (χ2n) is 4.09. The number of carbonyl (C=O) groups is 1. The molecule has 0 atom stereocenters. The molecule has 21 heavy (non-hydrogen) atoms. The molecular weight excluding hydrogens is 296 g/mol. The van der Waals surface area contributed by atoms with E-state index in [0.29, 0.717) is 16.7 Å². The Hall–Kier alpha value is -2.38. The Bertz CT molecular complexity index is 735. The number of nitrogens with one attached hydrogen (secondary N) is 1. The van der Waals surface area contributed by atoms with Crippen molar-refractivity contribution in [1.82, 2.24) is 5.32 Å². The second kappa shape index (κ2) is 6.87. The lowest BCUT2D eigenvalue weighted by Gasteiger charge is -2.02. The fourth-order valence-corrected chi connectivity index (χ4v) is 1.78. The number of hydrogen-bond acceptors (Lipinski definition) is 1. The van der Waals surface area contributed by atoms with Gasteiger partial charge in [0.1, 0.15) is 11.6 Å². The van der Waals surface area contributed by atoms with Crippen molar-refractivity contribution in [1.29, 1.82) is 0 Å². The van der Waals surface area contributed by atoms with Crippen molar-refractivity contribution < 1.29 is 13.6 Å². The molecule has 0 unspecified atom stereocenters. The van der Waals surface area contributed by atoms with Crippen molar-refractivity contribution in [2.24, 2.45) is 0 Å². The molecule has 0 saturated carbocycles. The molecule has 0 saturated heterocycles. The quantitative estimate of drug-likeness (QED) is 0.847. The monoisotopic (exact) mass is 305 g/mol. The molecule has 0 heterocycles. The lowest BCUT2D eigenvalue weighted by Crippen LogP contribution is -2.24. The van der Waals surface area contributed by atoms with Crippen molar-refractivity contribution in [2.45, 2.75) is 0 Å². The van der Waals surface area contributed by atoms with Crippen LogP contribution in [-0.4, -0.2) is 12.5 Å². The van der Waals surface area contributed by atoms with Crippen molar-refractivity contribution in [2.75, 3.05) is 6.54 Å². The smallest absolute Gasteiger partial charge is 0.255 e. The van der Waals surface area contributed by atoms with Crippen molar-refractivity contribution in [3.05, 3.63) is 70.2 Å². The van der Waals surface area contributed by atoms with Gasteiger partial charge in [-0.05, 0) is 24.3 Å². The molecule has 106 valence electrons. The normalized spacial score (nSPS) is 9.67. The summed E-state index contributed by atoms with van der Waals surface area (Å²) in [4.78, 5) is 11.7. The van der Waals surface area contributed by atoms with Gasteiger partial charge in [0.25, 0.3) is 5.91 Å². The fraction of sp³-hybridized carbons (Fsp3) is 0.0625. The van der Waals surface area contributed by atoms with Gasteiger partial charge in [-0.25, -0.2) is 8.78 Å². The van der Waals surface area contributed by atoms with E-state index in [1.54, 1.807) is 24.3 Å². The molecule has 0 aliphatic heterocycles. The Morgan fingerprint density at radius 3 is 2.67 bits per heavy atom. The summed E-state index contributed by atoms with van der Waals surface area (Å²) in [5, 5.41) is 2.95. The van der Waals surface area contributed by atoms with Crippen LogP contribution < -0.4 is 5.32 Å². The number of carbonyl (C=O) groups excluding carboxylic acids is 1. The van der Waals surface area contributed by atoms with E-state index in [1.165, 1.54) is 0 Å². The van der Waals surface area contributed by atoms with Crippen molar-refractivity contribution >= 4 is 17.5 Å². The maximum Gasteiger partial charge on any atom is 0.255 e. The van der Waals surface area contributed by atoms with Gasteiger partial charge in [0.05, 0.1) is 17.1 Å². The van der Waals surface area contributed by atoms with Gasteiger partial charge in [0, 0.05) is 11.6 Å². The molecule has 2 aromatic carbocycles. The first-order valence-electron chi connectivity index (χ1n) is 6.04. The molecule has 0 aliphatic rings. The maximum absolute atomic E-state index is 13.4. The Morgan fingerprint density at radius 2 is 1.95 bits per heavy atom. The van der Waals surface area contributed by atoms with Crippen LogP contribution in [0.25, 0.3) is 0 Å². The van der Waals surface area contributed by atoms with E-state index in [1.807, 2.05) is 0 Å². The van der Waals surface area contributed by atoms with Crippen LogP contribution in [0.4, 0.5) is 8.78 Å². The molecule has 0 fully saturated rings. The van der Waals surface area contributed by atoms with Gasteiger partial charge in [0.15, 0.2) is 0 Å². The third kappa shape index (κ3) is 4.04. The van der Waals surface area contributed by atoms with E-state index in [9.17, 15) is 13.6 Å². The second-order valence-corrected chi connectivity index (χ2v) is 4.50. The number of halogens is 3. The molecule has 0 aromatic heterocycles. The Labute approximate surface area is 125 Å². The Kier molecular flexibility index (Phi) is 4.91. The molecule has 0 spiro atoms. The number of rotatable bonds is 2. The lowest BCUT2D eigenvalue weighted by atomic mass is 10.2. The molecule has 5 heteroatoms. The minimum absolute atomic E-state index is 0.0286. The van der Waals surface area contributed by atoms with Gasteiger partial charge in [-0.3, -0.25) is 4.79 Å². The van der Waals surface area contributed by atoms with E-state index in [0.717, 1.165) is 12.1 Å². The van der Waals surface area contributed by atoms with E-state index >= 15 is 0 Å². The van der Waals surface area contributed by atoms with Crippen LogP contribution in [0.5, 0.6) is 0 Å². The summed E-state index contributed by atoms with van der Waals surface area (Å²) in [6.45, 7) is 0.0286. The zero-order valence-corrected chi connectivity index (χ0v) is 11.5. The lowest BCUT2D eigenvalue weighted by molar-refractivity contribution is 0.0954. The predicted octanol–water partition coefficient (Wildman–Crippen LogP) is 3.40. The molecule has 0 radical (unpaired) electrons. The molecule has 1 N–H and O–H groups in total. The first-order valence-corrected chi connectivity index (χ1v) is 6.42. The van der Waals surface area contributed by atoms with Crippen LogP contribution in [0.3, 0.4) is 0 Å². The SMILES string of the molecule is O=C(NCC#Cc1ccccc1Cl)c1ccc(F)cc1F. The minimum Gasteiger partial charge on any atom is -0.341 e. The summed E-state index contributed by atoms with van der Waals surface area (Å²) < 4.78 is 26.1. The molecule has 2 rings (SSSR count). The van der Waals surface area contributed by atoms with E-state index in [-0.39, 0.29) is 12.1 Å². The first kappa shape index (κ1) is 15.0. The predicted molar refractivity (Wildman–Crippen MR) is 77.0 cm³/mol. The van der Waals surface area contributed by atoms with Crippen molar-refractivity contribution in [3.8, 4) is 11.8 Å². The highest BCUT2D eigenvalue weighted by atomic mass is 35.5. The van der Waals surface area contributed by atoms with Crippen LogP contribution in [0, 0.1) is 23.5 Å². The van der Waals surface area contributed by atoms with Crippen LogP contribution in [0.2, 0.25) is 5.02 Å². The van der Waals surface area contributed by atoms with Gasteiger partial charge in [-0.15, -0.1) is 0 Å². The summed E-state index contributed by atoms with van der Waals surface area (Å²) >= 11 is 5.92. The highest BCUT2D eigenvalue weighted by Gasteiger charge is 2.11. The standard InChI is InChI=1S/C16H10ClF2NO/c17-14-6-2-1-4-11(14)5-3-9-20-16(21)13-8-7-12(18)10-15(13)19/h1-2,4,6-8,10H,9H2,(H,20,21). The maximum atomic E-state index is 13.4. The van der Waals surface area contributed by atoms with Crippen LogP contribution in [0.15, 0.2) is 42.5 Å². The summed E-state index contributed by atoms with van der Waals surface area (Å²) in [6.07, 6.45) is 0. The van der Waals surface area contributed by atoms with E-state index in [2.05, 4.69) is 17.2 Å². The summed E-state index contributed by atoms with van der Waals surface area (Å²) in [5.74, 6) is 3.21. The Morgan fingerprint density at radius 1 is 1.19 bits per heavy atom. The molecule has 0 aliphatic carbocycles. The number of benzene rings is 2. The molecule has 0 bridgehead atoms. The molecule has 2 nitrogen and oxygen atoms in total. The number of amides is 1. The molecular formula is C16H10ClF2NO. The minimum atomic E-state index is -0.911. The molecule has 2 aromatic rings. The van der Waals surface area contributed by atoms with Crippen LogP contribution >= 0.6 is 11.6 Å². The third-order valence-corrected chi connectivity index (χ3v) is 2.94. The summed E-state index contributed by atoms with van der Waals surface area (Å²) in [5.41, 5.74) is 0.414. The first-order chi connectivity index (χ1) is 10.1. The van der Waals surface area contributed by atoms with Gasteiger partial charge in [-0.1, -0.05) is 35.6 Å². The van der Waals surface area contributed by atoms with Crippen LogP contribution in [0.1, 0.15) is 15.9 Å². The van der Waals surface area contributed by atoms with Gasteiger partial charge in [0.2, 0.25) is 0 Å². The topological polar surface area (TPSA) is 29.1 Å². The third-order valence-electron chi connectivity index (χ3n) is 2.61. The van der Waals surface area contributed by atoms with E-state index in [4.69, 9.17) is 11.6 Å². The summed E-state index contributed by atoms with van der Waals surface area (Å²) in [7, 11) is 0. The highest BCUT2D eigenvalue weighted by Crippen LogP contribution is 2.13.